The van der Waals surface area contributed by atoms with Crippen molar-refractivity contribution in [3.8, 4) is 0 Å². The summed E-state index contributed by atoms with van der Waals surface area (Å²) in [6, 6.07) is 9.11. The summed E-state index contributed by atoms with van der Waals surface area (Å²) in [5.74, 6) is 0. The highest BCUT2D eigenvalue weighted by Crippen LogP contribution is 2.52. The Hall–Kier alpha value is -0.670. The van der Waals surface area contributed by atoms with Crippen LogP contribution in [-0.2, 0) is 13.6 Å². The summed E-state index contributed by atoms with van der Waals surface area (Å²) in [4.78, 5) is 0. The Morgan fingerprint density at radius 3 is 1.95 bits per heavy atom. The molecule has 108 valence electrons. The van der Waals surface area contributed by atoms with Gasteiger partial charge in [-0.25, -0.2) is 0 Å². The molecule has 1 atom stereocenters. The van der Waals surface area contributed by atoms with Gasteiger partial charge in [-0.15, -0.1) is 0 Å². The minimum atomic E-state index is -3.30. The van der Waals surface area contributed by atoms with Crippen molar-refractivity contribution in [2.75, 3.05) is 6.16 Å². The van der Waals surface area contributed by atoms with E-state index in [-0.39, 0.29) is 18.4 Å². The zero-order valence-electron chi connectivity index (χ0n) is 11.9. The Labute approximate surface area is 115 Å². The summed E-state index contributed by atoms with van der Waals surface area (Å²) in [6.45, 7) is 7.19. The quantitative estimate of drug-likeness (QED) is 0.775. The van der Waals surface area contributed by atoms with Gasteiger partial charge in [0.15, 0.2) is 0 Å². The first-order chi connectivity index (χ1) is 8.82. The van der Waals surface area contributed by atoms with Crippen molar-refractivity contribution in [2.45, 2.75) is 46.0 Å². The molecule has 0 radical (unpaired) electrons. The number of hydrogen-bond acceptors (Lipinski definition) is 4. The van der Waals surface area contributed by atoms with E-state index in [9.17, 15) is 9.67 Å². The molecule has 0 aliphatic carbocycles. The van der Waals surface area contributed by atoms with Crippen LogP contribution < -0.4 is 0 Å². The molecule has 1 aromatic rings. The maximum Gasteiger partial charge on any atom is 0.334 e. The predicted octanol–water partition coefficient (Wildman–Crippen LogP) is 3.76. The lowest BCUT2D eigenvalue weighted by molar-refractivity contribution is 0.126. The Bertz CT molecular complexity index is 403. The van der Waals surface area contributed by atoms with Crippen molar-refractivity contribution in [2.24, 2.45) is 0 Å². The molecular formula is C14H23O4P. The molecule has 19 heavy (non-hydrogen) atoms. The Morgan fingerprint density at radius 2 is 1.53 bits per heavy atom. The number of aliphatic hydroxyl groups excluding tert-OH is 1. The molecular weight excluding hydrogens is 263 g/mol. The van der Waals surface area contributed by atoms with Crippen LogP contribution in [0, 0.1) is 0 Å². The van der Waals surface area contributed by atoms with Crippen LogP contribution in [-0.4, -0.2) is 23.5 Å². The zero-order chi connectivity index (χ0) is 14.5. The molecule has 0 amide bonds. The van der Waals surface area contributed by atoms with Crippen molar-refractivity contribution in [1.29, 1.82) is 0 Å². The van der Waals surface area contributed by atoms with Gasteiger partial charge >= 0.3 is 7.60 Å². The summed E-state index contributed by atoms with van der Waals surface area (Å²) in [7, 11) is -3.30. The zero-order valence-corrected chi connectivity index (χ0v) is 12.8. The molecule has 0 bridgehead atoms. The standard InChI is InChI=1S/C14H23O4P/c1-11(2)17-19(16,18-12(3)4)10-14(15)13-8-6-5-7-9-13/h5-9,11-12,14-15H,10H2,1-4H3/t14-/m1/s1. The van der Waals surface area contributed by atoms with Gasteiger partial charge in [0.25, 0.3) is 0 Å². The SMILES string of the molecule is CC(C)OP(=O)(C[C@@H](O)c1ccccc1)OC(C)C. The van der Waals surface area contributed by atoms with E-state index in [0.29, 0.717) is 5.56 Å². The first-order valence-electron chi connectivity index (χ1n) is 6.51. The summed E-state index contributed by atoms with van der Waals surface area (Å²) in [5, 5.41) is 10.1. The van der Waals surface area contributed by atoms with E-state index in [1.54, 1.807) is 39.8 Å². The topological polar surface area (TPSA) is 55.8 Å². The van der Waals surface area contributed by atoms with E-state index in [2.05, 4.69) is 0 Å². The molecule has 4 nitrogen and oxygen atoms in total. The Kier molecular flexibility index (Phi) is 6.21. The lowest BCUT2D eigenvalue weighted by Crippen LogP contribution is -2.14. The van der Waals surface area contributed by atoms with Crippen LogP contribution in [0.5, 0.6) is 0 Å². The molecule has 0 heterocycles. The highest BCUT2D eigenvalue weighted by atomic mass is 31.2. The summed E-state index contributed by atoms with van der Waals surface area (Å²) >= 11 is 0. The second-order valence-corrected chi connectivity index (χ2v) is 7.04. The second-order valence-electron chi connectivity index (χ2n) is 5.03. The smallest absolute Gasteiger partial charge is 0.334 e. The van der Waals surface area contributed by atoms with Gasteiger partial charge in [-0.3, -0.25) is 4.57 Å². The van der Waals surface area contributed by atoms with E-state index in [1.165, 1.54) is 0 Å². The minimum absolute atomic E-state index is 0.0344. The molecule has 0 spiro atoms. The molecule has 1 N–H and O–H groups in total. The molecule has 0 saturated heterocycles. The molecule has 0 saturated carbocycles. The average molecular weight is 286 g/mol. The predicted molar refractivity (Wildman–Crippen MR) is 76.3 cm³/mol. The lowest BCUT2D eigenvalue weighted by atomic mass is 10.1. The van der Waals surface area contributed by atoms with Gasteiger partial charge in [0.05, 0.1) is 24.5 Å². The summed E-state index contributed by atoms with van der Waals surface area (Å²) < 4.78 is 23.4. The molecule has 0 fully saturated rings. The highest BCUT2D eigenvalue weighted by molar-refractivity contribution is 7.53. The van der Waals surface area contributed by atoms with E-state index in [4.69, 9.17) is 9.05 Å². The van der Waals surface area contributed by atoms with Gasteiger partial charge in [-0.1, -0.05) is 30.3 Å². The molecule has 1 rings (SSSR count). The summed E-state index contributed by atoms with van der Waals surface area (Å²) in [6.07, 6.45) is -1.32. The largest absolute Gasteiger partial charge is 0.388 e. The summed E-state index contributed by atoms with van der Waals surface area (Å²) in [5.41, 5.74) is 0.711. The maximum atomic E-state index is 12.6. The normalized spacial score (nSPS) is 14.1. The molecule has 0 aromatic heterocycles. The molecule has 0 aliphatic rings. The molecule has 0 unspecified atom stereocenters. The highest BCUT2D eigenvalue weighted by Gasteiger charge is 2.31. The van der Waals surface area contributed by atoms with E-state index >= 15 is 0 Å². The third-order valence-electron chi connectivity index (χ3n) is 2.32. The van der Waals surface area contributed by atoms with Crippen molar-refractivity contribution in [3.05, 3.63) is 35.9 Å². The van der Waals surface area contributed by atoms with Crippen molar-refractivity contribution in [1.82, 2.24) is 0 Å². The fourth-order valence-corrected chi connectivity index (χ4v) is 3.89. The molecule has 1 aromatic carbocycles. The monoisotopic (exact) mass is 286 g/mol. The van der Waals surface area contributed by atoms with Crippen LogP contribution in [0.3, 0.4) is 0 Å². The van der Waals surface area contributed by atoms with Crippen LogP contribution in [0.4, 0.5) is 0 Å². The fourth-order valence-electron chi connectivity index (χ4n) is 1.75. The minimum Gasteiger partial charge on any atom is -0.388 e. The van der Waals surface area contributed by atoms with E-state index in [0.717, 1.165) is 0 Å². The first kappa shape index (κ1) is 16.4. The number of hydrogen-bond donors (Lipinski definition) is 1. The Morgan fingerprint density at radius 1 is 1.05 bits per heavy atom. The van der Waals surface area contributed by atoms with Crippen molar-refractivity contribution in [3.63, 3.8) is 0 Å². The van der Waals surface area contributed by atoms with Gasteiger partial charge in [-0.05, 0) is 33.3 Å². The van der Waals surface area contributed by atoms with Crippen LogP contribution in [0.15, 0.2) is 30.3 Å². The van der Waals surface area contributed by atoms with Crippen molar-refractivity contribution >= 4 is 7.60 Å². The van der Waals surface area contributed by atoms with Crippen molar-refractivity contribution < 1.29 is 18.7 Å². The van der Waals surface area contributed by atoms with Gasteiger partial charge in [0, 0.05) is 0 Å². The molecule has 0 aliphatic heterocycles. The van der Waals surface area contributed by atoms with Crippen LogP contribution in [0.2, 0.25) is 0 Å². The number of benzene rings is 1. The maximum absolute atomic E-state index is 12.6. The first-order valence-corrected chi connectivity index (χ1v) is 8.24. The van der Waals surface area contributed by atoms with E-state index in [1.807, 2.05) is 18.2 Å². The number of rotatable bonds is 7. The third-order valence-corrected chi connectivity index (χ3v) is 4.60. The van der Waals surface area contributed by atoms with Crippen LogP contribution in [0.1, 0.15) is 39.4 Å². The lowest BCUT2D eigenvalue weighted by Gasteiger charge is -2.24. The van der Waals surface area contributed by atoms with Gasteiger partial charge in [0.1, 0.15) is 0 Å². The second kappa shape index (κ2) is 7.20. The average Bonchev–Trinajstić information content (AvgIpc) is 2.27. The van der Waals surface area contributed by atoms with Gasteiger partial charge < -0.3 is 14.2 Å². The van der Waals surface area contributed by atoms with Crippen LogP contribution >= 0.6 is 7.60 Å². The van der Waals surface area contributed by atoms with Gasteiger partial charge in [-0.2, -0.15) is 0 Å². The number of aliphatic hydroxyl groups is 1. The third kappa shape index (κ3) is 5.87. The molecule has 5 heteroatoms. The van der Waals surface area contributed by atoms with E-state index < -0.39 is 13.7 Å². The fraction of sp³-hybridized carbons (Fsp3) is 0.571. The van der Waals surface area contributed by atoms with Crippen LogP contribution in [0.25, 0.3) is 0 Å². The Balaban J connectivity index is 2.80. The van der Waals surface area contributed by atoms with Gasteiger partial charge in [0.2, 0.25) is 0 Å².